The van der Waals surface area contributed by atoms with Gasteiger partial charge in [0.05, 0.1) is 12.2 Å². The van der Waals surface area contributed by atoms with E-state index in [9.17, 15) is 0 Å². The Labute approximate surface area is 225 Å². The van der Waals surface area contributed by atoms with Crippen LogP contribution in [0.5, 0.6) is 11.8 Å². The first-order valence-corrected chi connectivity index (χ1v) is 14.1. The molecule has 0 aliphatic carbocycles. The lowest BCUT2D eigenvalue weighted by Gasteiger charge is -2.35. The van der Waals surface area contributed by atoms with E-state index in [2.05, 4.69) is 58.1 Å². The fourth-order valence-electron chi connectivity index (χ4n) is 6.12. The van der Waals surface area contributed by atoms with Crippen molar-refractivity contribution in [3.8, 4) is 11.8 Å². The Bertz CT molecular complexity index is 1260. The van der Waals surface area contributed by atoms with Gasteiger partial charge in [-0.2, -0.15) is 9.97 Å². The lowest BCUT2D eigenvalue weighted by atomic mass is 10.0. The van der Waals surface area contributed by atoms with Crippen LogP contribution in [0.25, 0.3) is 10.8 Å². The van der Waals surface area contributed by atoms with E-state index in [0.717, 1.165) is 67.5 Å². The number of methoxy groups -OCH3 is 1. The second-order valence-corrected chi connectivity index (χ2v) is 10.8. The van der Waals surface area contributed by atoms with E-state index in [-0.39, 0.29) is 6.79 Å². The van der Waals surface area contributed by atoms with Crippen molar-refractivity contribution in [3.63, 3.8) is 0 Å². The predicted molar refractivity (Wildman–Crippen MR) is 150 cm³/mol. The second-order valence-electron chi connectivity index (χ2n) is 10.8. The maximum atomic E-state index is 6.29. The molecule has 8 heteroatoms. The Morgan fingerprint density at radius 1 is 0.921 bits per heavy atom. The minimum absolute atomic E-state index is 0.226. The maximum Gasteiger partial charge on any atom is 0.318 e. The van der Waals surface area contributed by atoms with Crippen LogP contribution in [0.15, 0.2) is 36.4 Å². The summed E-state index contributed by atoms with van der Waals surface area (Å²) in [5.74, 6) is 1.90. The van der Waals surface area contributed by atoms with Crippen molar-refractivity contribution >= 4 is 22.3 Å². The van der Waals surface area contributed by atoms with Crippen LogP contribution in [0.4, 0.5) is 11.5 Å². The molecule has 2 saturated heterocycles. The van der Waals surface area contributed by atoms with Gasteiger partial charge in [0.1, 0.15) is 18.2 Å². The lowest BCUT2D eigenvalue weighted by molar-refractivity contribution is 0.0512. The summed E-state index contributed by atoms with van der Waals surface area (Å²) in [4.78, 5) is 17.3. The van der Waals surface area contributed by atoms with Crippen molar-refractivity contribution in [1.82, 2.24) is 14.9 Å². The number of anilines is 2. The van der Waals surface area contributed by atoms with E-state index in [4.69, 9.17) is 24.2 Å². The monoisotopic (exact) mass is 517 g/mol. The van der Waals surface area contributed by atoms with E-state index < -0.39 is 0 Å². The van der Waals surface area contributed by atoms with Gasteiger partial charge in [0.25, 0.3) is 0 Å². The molecule has 38 heavy (non-hydrogen) atoms. The summed E-state index contributed by atoms with van der Waals surface area (Å²) in [6, 6.07) is 13.7. The number of fused-ring (bicyclic) bond motifs is 2. The molecular weight excluding hydrogens is 478 g/mol. The van der Waals surface area contributed by atoms with Crippen LogP contribution in [0.1, 0.15) is 43.4 Å². The standard InChI is InChI=1S/C30H39N5O3/c1-33-13-8-10-23(33)20-37-30-31-27-19-35(16-12-26(27)29(32-30)34-14-6-3-7-15-34)28-18-24(38-21-36-2)17-22-9-4-5-11-25(22)28/h4-5,9,11,17-18,23H,3,6-8,10,12-16,19-21H2,1-2H3/t23-/m0/s1. The third-order valence-electron chi connectivity index (χ3n) is 8.25. The molecule has 4 heterocycles. The van der Waals surface area contributed by atoms with Crippen LogP contribution >= 0.6 is 0 Å². The topological polar surface area (TPSA) is 63.2 Å². The van der Waals surface area contributed by atoms with Gasteiger partial charge in [-0.15, -0.1) is 0 Å². The van der Waals surface area contributed by atoms with Crippen molar-refractivity contribution in [2.45, 2.75) is 51.1 Å². The van der Waals surface area contributed by atoms with Crippen molar-refractivity contribution in [2.75, 3.05) is 63.5 Å². The third-order valence-corrected chi connectivity index (χ3v) is 8.25. The average Bonchev–Trinajstić information content (AvgIpc) is 3.38. The molecule has 2 aromatic carbocycles. The zero-order valence-corrected chi connectivity index (χ0v) is 22.7. The van der Waals surface area contributed by atoms with Crippen LogP contribution in [0, 0.1) is 0 Å². The minimum atomic E-state index is 0.226. The molecule has 3 aliphatic heterocycles. The Kier molecular flexibility index (Phi) is 7.51. The van der Waals surface area contributed by atoms with Crippen LogP contribution < -0.4 is 19.3 Å². The first-order chi connectivity index (χ1) is 18.7. The van der Waals surface area contributed by atoms with Crippen LogP contribution in [-0.4, -0.2) is 74.6 Å². The second kappa shape index (κ2) is 11.3. The van der Waals surface area contributed by atoms with Gasteiger partial charge < -0.3 is 28.9 Å². The van der Waals surface area contributed by atoms with E-state index in [1.165, 1.54) is 43.1 Å². The van der Waals surface area contributed by atoms with Crippen LogP contribution in [-0.2, 0) is 17.7 Å². The maximum absolute atomic E-state index is 6.29. The molecule has 6 rings (SSSR count). The summed E-state index contributed by atoms with van der Waals surface area (Å²) >= 11 is 0. The molecule has 2 fully saturated rings. The normalized spacial score (nSPS) is 20.1. The Morgan fingerprint density at radius 3 is 2.61 bits per heavy atom. The van der Waals surface area contributed by atoms with Gasteiger partial charge in [-0.3, -0.25) is 0 Å². The number of hydrogen-bond acceptors (Lipinski definition) is 8. The highest BCUT2D eigenvalue weighted by Gasteiger charge is 2.28. The number of hydrogen-bond donors (Lipinski definition) is 0. The van der Waals surface area contributed by atoms with Crippen LogP contribution in [0.2, 0.25) is 0 Å². The molecule has 1 aromatic heterocycles. The quantitative estimate of drug-likeness (QED) is 0.401. The summed E-state index contributed by atoms with van der Waals surface area (Å²) in [5, 5.41) is 2.37. The number of rotatable bonds is 8. The van der Waals surface area contributed by atoms with Gasteiger partial charge in [0.15, 0.2) is 6.79 Å². The molecule has 0 unspecified atom stereocenters. The summed E-state index contributed by atoms with van der Waals surface area (Å²) in [7, 11) is 3.83. The molecule has 0 saturated carbocycles. The Hall–Kier alpha value is -3.10. The van der Waals surface area contributed by atoms with Crippen molar-refractivity contribution < 1.29 is 14.2 Å². The average molecular weight is 518 g/mol. The highest BCUT2D eigenvalue weighted by Crippen LogP contribution is 2.37. The SMILES string of the molecule is COCOc1cc(N2CCc3c(nc(OC[C@@H]4CCCN4C)nc3N3CCCCC3)C2)c2ccccc2c1. The molecule has 0 spiro atoms. The van der Waals surface area contributed by atoms with E-state index in [1.807, 2.05) is 0 Å². The summed E-state index contributed by atoms with van der Waals surface area (Å²) < 4.78 is 17.3. The summed E-state index contributed by atoms with van der Waals surface area (Å²) in [6.07, 6.45) is 7.03. The fourth-order valence-corrected chi connectivity index (χ4v) is 6.12. The number of benzene rings is 2. The fraction of sp³-hybridized carbons (Fsp3) is 0.533. The van der Waals surface area contributed by atoms with E-state index in [1.54, 1.807) is 7.11 Å². The molecule has 202 valence electrons. The number of aromatic nitrogens is 2. The van der Waals surface area contributed by atoms with Gasteiger partial charge in [0, 0.05) is 55.5 Å². The molecule has 0 radical (unpaired) electrons. The van der Waals surface area contributed by atoms with Crippen molar-refractivity contribution in [3.05, 3.63) is 47.7 Å². The lowest BCUT2D eigenvalue weighted by Crippen LogP contribution is -2.36. The van der Waals surface area contributed by atoms with Crippen molar-refractivity contribution in [2.24, 2.45) is 0 Å². The molecule has 3 aliphatic rings. The Balaban J connectivity index is 1.33. The molecule has 1 atom stereocenters. The Morgan fingerprint density at radius 2 is 1.79 bits per heavy atom. The largest absolute Gasteiger partial charge is 0.467 e. The summed E-state index contributed by atoms with van der Waals surface area (Å²) in [5.41, 5.74) is 3.52. The zero-order chi connectivity index (χ0) is 25.9. The number of nitrogens with zero attached hydrogens (tertiary/aromatic N) is 5. The molecule has 0 N–H and O–H groups in total. The number of likely N-dealkylation sites (tertiary alicyclic amines) is 1. The van der Waals surface area contributed by atoms with Gasteiger partial charge in [0.2, 0.25) is 0 Å². The number of piperidine rings is 1. The summed E-state index contributed by atoms with van der Waals surface area (Å²) in [6.45, 7) is 5.74. The van der Waals surface area contributed by atoms with Gasteiger partial charge in [-0.25, -0.2) is 0 Å². The highest BCUT2D eigenvalue weighted by atomic mass is 16.7. The third kappa shape index (κ3) is 5.24. The van der Waals surface area contributed by atoms with E-state index >= 15 is 0 Å². The first-order valence-electron chi connectivity index (χ1n) is 14.1. The first kappa shape index (κ1) is 25.2. The molecule has 8 nitrogen and oxygen atoms in total. The number of likely N-dealkylation sites (N-methyl/N-ethyl adjacent to an activating group) is 1. The van der Waals surface area contributed by atoms with Crippen LogP contribution in [0.3, 0.4) is 0 Å². The van der Waals surface area contributed by atoms with Crippen molar-refractivity contribution in [1.29, 1.82) is 0 Å². The van der Waals surface area contributed by atoms with Gasteiger partial charge >= 0.3 is 6.01 Å². The zero-order valence-electron chi connectivity index (χ0n) is 22.7. The minimum Gasteiger partial charge on any atom is -0.467 e. The smallest absolute Gasteiger partial charge is 0.318 e. The highest BCUT2D eigenvalue weighted by molar-refractivity contribution is 5.95. The molecule has 3 aromatic rings. The van der Waals surface area contributed by atoms with E-state index in [0.29, 0.717) is 18.7 Å². The molecule has 0 amide bonds. The number of ether oxygens (including phenoxy) is 3. The molecule has 0 bridgehead atoms. The predicted octanol–water partition coefficient (Wildman–Crippen LogP) is 4.64. The van der Waals surface area contributed by atoms with Gasteiger partial charge in [-0.1, -0.05) is 24.3 Å². The molecular formula is C30H39N5O3. The van der Waals surface area contributed by atoms with Gasteiger partial charge in [-0.05, 0) is 63.6 Å².